The number of benzene rings is 1. The first-order chi connectivity index (χ1) is 9.81. The Labute approximate surface area is 123 Å². The summed E-state index contributed by atoms with van der Waals surface area (Å²) in [6, 6.07) is 6.07. The minimum atomic E-state index is -3.61. The molecular weight excluding hydrogens is 290 g/mol. The van der Waals surface area contributed by atoms with Gasteiger partial charge < -0.3 is 5.11 Å². The van der Waals surface area contributed by atoms with Crippen LogP contribution in [0.1, 0.15) is 27.0 Å². The molecule has 0 unspecified atom stereocenters. The maximum atomic E-state index is 12.5. The van der Waals surface area contributed by atoms with Crippen LogP contribution in [0.2, 0.25) is 0 Å². The molecule has 110 valence electrons. The number of hydrogen-bond donors (Lipinski definition) is 1. The molecule has 1 aromatic heterocycles. The fourth-order valence-electron chi connectivity index (χ4n) is 2.17. The number of aromatic carboxylic acids is 1. The number of carbonyl (C=O) groups is 1. The molecule has 0 atom stereocenters. The van der Waals surface area contributed by atoms with Crippen molar-refractivity contribution in [1.29, 1.82) is 0 Å². The predicted molar refractivity (Wildman–Crippen MR) is 78.0 cm³/mol. The predicted octanol–water partition coefficient (Wildman–Crippen LogP) is 2.37. The molecule has 0 amide bonds. The number of aromatic nitrogens is 1. The second kappa shape index (κ2) is 5.65. The van der Waals surface area contributed by atoms with Crippen molar-refractivity contribution in [3.8, 4) is 0 Å². The zero-order chi connectivity index (χ0) is 15.6. The van der Waals surface area contributed by atoms with Crippen LogP contribution >= 0.6 is 0 Å². The lowest BCUT2D eigenvalue weighted by molar-refractivity contribution is 0.0696. The van der Waals surface area contributed by atoms with Crippen molar-refractivity contribution in [1.82, 2.24) is 4.98 Å². The van der Waals surface area contributed by atoms with E-state index >= 15 is 0 Å². The van der Waals surface area contributed by atoms with Gasteiger partial charge in [0.1, 0.15) is 0 Å². The molecule has 0 fully saturated rings. The smallest absolute Gasteiger partial charge is 0.335 e. The topological polar surface area (TPSA) is 84.3 Å². The van der Waals surface area contributed by atoms with Gasteiger partial charge in [-0.2, -0.15) is 0 Å². The Morgan fingerprint density at radius 3 is 2.33 bits per heavy atom. The highest BCUT2D eigenvalue weighted by atomic mass is 32.2. The van der Waals surface area contributed by atoms with Gasteiger partial charge in [0.2, 0.25) is 0 Å². The molecule has 0 aliphatic rings. The Kier molecular flexibility index (Phi) is 4.09. The molecule has 0 bridgehead atoms. The van der Waals surface area contributed by atoms with Crippen molar-refractivity contribution in [3.63, 3.8) is 0 Å². The summed E-state index contributed by atoms with van der Waals surface area (Å²) in [6.45, 7) is 3.31. The minimum Gasteiger partial charge on any atom is -0.478 e. The standard InChI is InChI=1S/C15H15NO4S/c1-10-7-11(2)14(8-13(10)15(17)18)21(19,20)9-12-3-5-16-6-4-12/h3-8H,9H2,1-2H3,(H,17,18). The van der Waals surface area contributed by atoms with E-state index in [1.165, 1.54) is 18.5 Å². The highest BCUT2D eigenvalue weighted by molar-refractivity contribution is 7.90. The van der Waals surface area contributed by atoms with Gasteiger partial charge >= 0.3 is 5.97 Å². The summed E-state index contributed by atoms with van der Waals surface area (Å²) >= 11 is 0. The maximum Gasteiger partial charge on any atom is 0.335 e. The van der Waals surface area contributed by atoms with Gasteiger partial charge in [-0.25, -0.2) is 13.2 Å². The van der Waals surface area contributed by atoms with Gasteiger partial charge in [-0.1, -0.05) is 6.07 Å². The van der Waals surface area contributed by atoms with E-state index in [1.807, 2.05) is 0 Å². The Morgan fingerprint density at radius 1 is 1.14 bits per heavy atom. The quantitative estimate of drug-likeness (QED) is 0.937. The van der Waals surface area contributed by atoms with Crippen LogP contribution in [0.25, 0.3) is 0 Å². The average Bonchev–Trinajstić information content (AvgIpc) is 2.38. The number of rotatable bonds is 4. The lowest BCUT2D eigenvalue weighted by Gasteiger charge is -2.11. The fourth-order valence-corrected chi connectivity index (χ4v) is 3.81. The SMILES string of the molecule is Cc1cc(C)c(S(=O)(=O)Cc2ccncc2)cc1C(=O)O. The van der Waals surface area contributed by atoms with E-state index in [0.717, 1.165) is 0 Å². The van der Waals surface area contributed by atoms with Gasteiger partial charge in [0.15, 0.2) is 9.84 Å². The minimum absolute atomic E-state index is 0.00824. The Bertz CT molecular complexity index is 783. The van der Waals surface area contributed by atoms with Crippen molar-refractivity contribution < 1.29 is 18.3 Å². The van der Waals surface area contributed by atoms with Crippen molar-refractivity contribution in [2.75, 3.05) is 0 Å². The third kappa shape index (κ3) is 3.28. The van der Waals surface area contributed by atoms with Crippen LogP contribution in [0.3, 0.4) is 0 Å². The number of pyridine rings is 1. The van der Waals surface area contributed by atoms with Crippen molar-refractivity contribution in [3.05, 3.63) is 58.9 Å². The van der Waals surface area contributed by atoms with Gasteiger partial charge in [-0.3, -0.25) is 4.98 Å². The first-order valence-electron chi connectivity index (χ1n) is 6.27. The van der Waals surface area contributed by atoms with Crippen LogP contribution in [0.5, 0.6) is 0 Å². The summed E-state index contributed by atoms with van der Waals surface area (Å²) in [5, 5.41) is 9.13. The Hall–Kier alpha value is -2.21. The number of nitrogens with zero attached hydrogens (tertiary/aromatic N) is 1. The summed E-state index contributed by atoms with van der Waals surface area (Å²) in [6.07, 6.45) is 3.05. The van der Waals surface area contributed by atoms with Gasteiger partial charge in [-0.15, -0.1) is 0 Å². The molecule has 0 aliphatic heterocycles. The van der Waals surface area contributed by atoms with Crippen LogP contribution in [0.4, 0.5) is 0 Å². The van der Waals surface area contributed by atoms with E-state index in [2.05, 4.69) is 4.98 Å². The summed E-state index contributed by atoms with van der Waals surface area (Å²) in [5.74, 6) is -1.31. The molecule has 5 nitrogen and oxygen atoms in total. The maximum absolute atomic E-state index is 12.5. The molecule has 2 aromatic rings. The monoisotopic (exact) mass is 305 g/mol. The lowest BCUT2D eigenvalue weighted by Crippen LogP contribution is -2.10. The number of aryl methyl sites for hydroxylation is 2. The molecular formula is C15H15NO4S. The Balaban J connectivity index is 2.50. The van der Waals surface area contributed by atoms with Crippen LogP contribution in [0.15, 0.2) is 41.6 Å². The first kappa shape index (κ1) is 15.2. The molecule has 0 radical (unpaired) electrons. The molecule has 2 rings (SSSR count). The summed E-state index contributed by atoms with van der Waals surface area (Å²) < 4.78 is 25.0. The molecule has 6 heteroatoms. The lowest BCUT2D eigenvalue weighted by atomic mass is 10.1. The van der Waals surface area contributed by atoms with Gasteiger partial charge in [-0.05, 0) is 48.7 Å². The number of carboxylic acids is 1. The Morgan fingerprint density at radius 2 is 1.76 bits per heavy atom. The average molecular weight is 305 g/mol. The molecule has 1 aromatic carbocycles. The normalized spacial score (nSPS) is 11.3. The summed E-state index contributed by atoms with van der Waals surface area (Å²) in [4.78, 5) is 15.1. The highest BCUT2D eigenvalue weighted by Gasteiger charge is 2.21. The fraction of sp³-hybridized carbons (Fsp3) is 0.200. The number of sulfone groups is 1. The van der Waals surface area contributed by atoms with Gasteiger partial charge in [0.25, 0.3) is 0 Å². The molecule has 1 N–H and O–H groups in total. The molecule has 21 heavy (non-hydrogen) atoms. The zero-order valence-corrected chi connectivity index (χ0v) is 12.5. The third-order valence-corrected chi connectivity index (χ3v) is 5.02. The van der Waals surface area contributed by atoms with Crippen LogP contribution in [-0.2, 0) is 15.6 Å². The van der Waals surface area contributed by atoms with Crippen LogP contribution < -0.4 is 0 Å². The molecule has 0 spiro atoms. The summed E-state index contributed by atoms with van der Waals surface area (Å²) in [7, 11) is -3.61. The molecule has 0 saturated carbocycles. The van der Waals surface area contributed by atoms with Crippen molar-refractivity contribution in [2.24, 2.45) is 0 Å². The van der Waals surface area contributed by atoms with E-state index < -0.39 is 15.8 Å². The zero-order valence-electron chi connectivity index (χ0n) is 11.7. The second-order valence-corrected chi connectivity index (χ2v) is 6.81. The van der Waals surface area contributed by atoms with Crippen LogP contribution in [-0.4, -0.2) is 24.5 Å². The van der Waals surface area contributed by atoms with Gasteiger partial charge in [0, 0.05) is 12.4 Å². The summed E-state index contributed by atoms with van der Waals surface area (Å²) in [5.41, 5.74) is 1.71. The largest absolute Gasteiger partial charge is 0.478 e. The van der Waals surface area contributed by atoms with E-state index in [0.29, 0.717) is 16.7 Å². The van der Waals surface area contributed by atoms with E-state index in [1.54, 1.807) is 32.0 Å². The van der Waals surface area contributed by atoms with E-state index in [9.17, 15) is 13.2 Å². The molecule has 0 aliphatic carbocycles. The van der Waals surface area contributed by atoms with Crippen molar-refractivity contribution in [2.45, 2.75) is 24.5 Å². The first-order valence-corrected chi connectivity index (χ1v) is 7.92. The molecule has 1 heterocycles. The number of carboxylic acid groups (broad SMARTS) is 1. The molecule has 0 saturated heterocycles. The van der Waals surface area contributed by atoms with Crippen LogP contribution in [0, 0.1) is 13.8 Å². The van der Waals surface area contributed by atoms with E-state index in [-0.39, 0.29) is 16.2 Å². The third-order valence-electron chi connectivity index (χ3n) is 3.19. The number of hydrogen-bond acceptors (Lipinski definition) is 4. The van der Waals surface area contributed by atoms with E-state index in [4.69, 9.17) is 5.11 Å². The second-order valence-electron chi connectivity index (χ2n) is 4.85. The highest BCUT2D eigenvalue weighted by Crippen LogP contribution is 2.24. The van der Waals surface area contributed by atoms with Gasteiger partial charge in [0.05, 0.1) is 16.2 Å². The van der Waals surface area contributed by atoms with Crippen molar-refractivity contribution >= 4 is 15.8 Å².